The predicted octanol–water partition coefficient (Wildman–Crippen LogP) is 3.49. The fraction of sp³-hybridized carbons (Fsp3) is 0.381. The van der Waals surface area contributed by atoms with Gasteiger partial charge in [0, 0.05) is 28.3 Å². The Labute approximate surface area is 181 Å². The van der Waals surface area contributed by atoms with Gasteiger partial charge in [0.2, 0.25) is 5.91 Å². The Hall–Kier alpha value is -1.96. The minimum atomic E-state index is -0.795. The van der Waals surface area contributed by atoms with Gasteiger partial charge < -0.3 is 15.0 Å². The van der Waals surface area contributed by atoms with Crippen molar-refractivity contribution in [3.63, 3.8) is 0 Å². The summed E-state index contributed by atoms with van der Waals surface area (Å²) in [7, 11) is 0. The van der Waals surface area contributed by atoms with Crippen LogP contribution in [0.3, 0.4) is 0 Å². The monoisotopic (exact) mass is 475 g/mol. The van der Waals surface area contributed by atoms with Gasteiger partial charge in [0.1, 0.15) is 11.2 Å². The van der Waals surface area contributed by atoms with Crippen molar-refractivity contribution in [3.8, 4) is 0 Å². The van der Waals surface area contributed by atoms with Crippen molar-refractivity contribution in [2.75, 3.05) is 6.61 Å². The standard InChI is InChI=1S/C21H19BrClN3O3/c22-13-3-1-2-11(6-13)9-25-20(27)18-17-15(4-5-24-19(17)23)21(28)26(18)16-10-29-14-7-12(16)8-14/h1-6,12,14,16,18H,7-10H2,(H,25,27). The Morgan fingerprint density at radius 1 is 1.34 bits per heavy atom. The molecule has 1 aromatic carbocycles. The molecule has 2 saturated heterocycles. The molecule has 6 nitrogen and oxygen atoms in total. The second-order valence-corrected chi connectivity index (χ2v) is 9.05. The number of carbonyl (C=O) groups excluding carboxylic acids is 2. The predicted molar refractivity (Wildman–Crippen MR) is 110 cm³/mol. The Balaban J connectivity index is 1.45. The third-order valence-corrected chi connectivity index (χ3v) is 6.89. The van der Waals surface area contributed by atoms with Crippen molar-refractivity contribution in [2.24, 2.45) is 5.92 Å². The summed E-state index contributed by atoms with van der Waals surface area (Å²) in [4.78, 5) is 32.3. The van der Waals surface area contributed by atoms with Gasteiger partial charge in [-0.05, 0) is 42.5 Å². The molecule has 2 bridgehead atoms. The molecule has 2 atom stereocenters. The number of fused-ring (bicyclic) bond motifs is 3. The molecule has 2 unspecified atom stereocenters. The van der Waals surface area contributed by atoms with Crippen LogP contribution in [-0.2, 0) is 16.1 Å². The molecule has 3 aliphatic heterocycles. The van der Waals surface area contributed by atoms with Gasteiger partial charge in [0.15, 0.2) is 0 Å². The number of halogens is 2. The molecule has 8 heteroatoms. The summed E-state index contributed by atoms with van der Waals surface area (Å²) in [5.74, 6) is -0.0709. The number of carbonyl (C=O) groups is 2. The first kappa shape index (κ1) is 19.0. The van der Waals surface area contributed by atoms with Crippen molar-refractivity contribution in [2.45, 2.75) is 37.6 Å². The first-order valence-corrected chi connectivity index (χ1v) is 10.8. The van der Waals surface area contributed by atoms with Gasteiger partial charge in [-0.2, -0.15) is 0 Å². The number of hydrogen-bond acceptors (Lipinski definition) is 4. The Morgan fingerprint density at radius 2 is 2.17 bits per heavy atom. The largest absolute Gasteiger partial charge is 0.376 e. The minimum absolute atomic E-state index is 0.127. The molecule has 3 fully saturated rings. The van der Waals surface area contributed by atoms with E-state index >= 15 is 0 Å². The second-order valence-electron chi connectivity index (χ2n) is 7.78. The maximum atomic E-state index is 13.3. The van der Waals surface area contributed by atoms with E-state index in [4.69, 9.17) is 16.3 Å². The van der Waals surface area contributed by atoms with E-state index in [2.05, 4.69) is 26.2 Å². The quantitative estimate of drug-likeness (QED) is 0.686. The van der Waals surface area contributed by atoms with E-state index in [-0.39, 0.29) is 23.0 Å². The third kappa shape index (κ3) is 3.25. The van der Waals surface area contributed by atoms with Crippen LogP contribution in [0.25, 0.3) is 0 Å². The third-order valence-electron chi connectivity index (χ3n) is 6.10. The molecule has 4 aliphatic rings. The molecule has 2 amide bonds. The topological polar surface area (TPSA) is 71.5 Å². The van der Waals surface area contributed by atoms with E-state index < -0.39 is 6.04 Å². The molecule has 1 saturated carbocycles. The van der Waals surface area contributed by atoms with Gasteiger partial charge in [-0.25, -0.2) is 4.98 Å². The minimum Gasteiger partial charge on any atom is -0.376 e. The van der Waals surface area contributed by atoms with Gasteiger partial charge in [-0.3, -0.25) is 9.59 Å². The number of ether oxygens (including phenoxy) is 1. The molecule has 1 aliphatic carbocycles. The summed E-state index contributed by atoms with van der Waals surface area (Å²) < 4.78 is 6.78. The van der Waals surface area contributed by atoms with Gasteiger partial charge >= 0.3 is 0 Å². The van der Waals surface area contributed by atoms with E-state index in [0.29, 0.717) is 36.3 Å². The lowest BCUT2D eigenvalue weighted by Gasteiger charge is -2.50. The molecule has 0 radical (unpaired) electrons. The molecule has 6 rings (SSSR count). The van der Waals surface area contributed by atoms with E-state index in [0.717, 1.165) is 22.9 Å². The van der Waals surface area contributed by atoms with Gasteiger partial charge in [-0.1, -0.05) is 39.7 Å². The van der Waals surface area contributed by atoms with Crippen LogP contribution in [-0.4, -0.2) is 40.5 Å². The highest BCUT2D eigenvalue weighted by Gasteiger charge is 2.52. The molecule has 1 aromatic heterocycles. The lowest BCUT2D eigenvalue weighted by Crippen LogP contribution is -2.58. The Morgan fingerprint density at radius 3 is 2.90 bits per heavy atom. The molecule has 0 spiro atoms. The van der Waals surface area contributed by atoms with Crippen molar-refractivity contribution >= 4 is 39.3 Å². The summed E-state index contributed by atoms with van der Waals surface area (Å²) in [6, 6.07) is 8.46. The molecular weight excluding hydrogens is 458 g/mol. The van der Waals surface area contributed by atoms with Crippen molar-refractivity contribution in [1.82, 2.24) is 15.2 Å². The number of nitrogens with one attached hydrogen (secondary N) is 1. The average Bonchev–Trinajstić information content (AvgIpc) is 3.00. The number of rotatable bonds is 4. The van der Waals surface area contributed by atoms with Crippen LogP contribution >= 0.6 is 27.5 Å². The van der Waals surface area contributed by atoms with Crippen molar-refractivity contribution in [3.05, 3.63) is 62.8 Å². The van der Waals surface area contributed by atoms with E-state index in [9.17, 15) is 9.59 Å². The van der Waals surface area contributed by atoms with E-state index in [1.165, 1.54) is 6.20 Å². The number of hydrogen-bond donors (Lipinski definition) is 1. The van der Waals surface area contributed by atoms with Crippen LogP contribution in [0, 0.1) is 5.92 Å². The van der Waals surface area contributed by atoms with Crippen LogP contribution < -0.4 is 5.32 Å². The zero-order chi connectivity index (χ0) is 20.1. The van der Waals surface area contributed by atoms with Gasteiger partial charge in [0.25, 0.3) is 5.91 Å². The summed E-state index contributed by atoms with van der Waals surface area (Å²) in [5.41, 5.74) is 1.91. The van der Waals surface area contributed by atoms with Crippen LogP contribution in [0.1, 0.15) is 40.4 Å². The SMILES string of the molecule is O=C(NCc1cccc(Br)c1)C1c2c(ccnc2Cl)C(=O)N1C1COC2CC1C2. The summed E-state index contributed by atoms with van der Waals surface area (Å²) in [6.45, 7) is 0.812. The first-order chi connectivity index (χ1) is 14.0. The Bertz CT molecular complexity index is 992. The molecular formula is C21H19BrClN3O3. The highest BCUT2D eigenvalue weighted by molar-refractivity contribution is 9.10. The molecule has 2 aromatic rings. The number of benzene rings is 1. The molecule has 4 heterocycles. The fourth-order valence-electron chi connectivity index (χ4n) is 4.56. The maximum absolute atomic E-state index is 13.3. The highest BCUT2D eigenvalue weighted by atomic mass is 79.9. The first-order valence-electron chi connectivity index (χ1n) is 9.63. The average molecular weight is 477 g/mol. The number of aromatic nitrogens is 1. The fourth-order valence-corrected chi connectivity index (χ4v) is 5.26. The van der Waals surface area contributed by atoms with Crippen LogP contribution in [0.4, 0.5) is 0 Å². The summed E-state index contributed by atoms with van der Waals surface area (Å²) in [5, 5.41) is 3.17. The molecule has 150 valence electrons. The lowest BCUT2D eigenvalue weighted by molar-refractivity contribution is -0.146. The zero-order valence-corrected chi connectivity index (χ0v) is 17.8. The number of amides is 2. The molecule has 29 heavy (non-hydrogen) atoms. The van der Waals surface area contributed by atoms with Gasteiger partial charge in [0.05, 0.1) is 18.8 Å². The van der Waals surface area contributed by atoms with Crippen LogP contribution in [0.5, 0.6) is 0 Å². The lowest BCUT2D eigenvalue weighted by atomic mass is 9.74. The van der Waals surface area contributed by atoms with E-state index in [1.54, 1.807) is 11.0 Å². The highest BCUT2D eigenvalue weighted by Crippen LogP contribution is 2.46. The smallest absolute Gasteiger partial charge is 0.255 e. The number of nitrogens with zero attached hydrogens (tertiary/aromatic N) is 2. The zero-order valence-electron chi connectivity index (χ0n) is 15.5. The number of pyridine rings is 1. The Kier molecular flexibility index (Phi) is 4.84. The second kappa shape index (κ2) is 7.38. The van der Waals surface area contributed by atoms with Crippen molar-refractivity contribution < 1.29 is 14.3 Å². The normalized spacial score (nSPS) is 27.4. The van der Waals surface area contributed by atoms with Crippen molar-refractivity contribution in [1.29, 1.82) is 0 Å². The van der Waals surface area contributed by atoms with Crippen LogP contribution in [0.15, 0.2) is 41.0 Å². The van der Waals surface area contributed by atoms with Gasteiger partial charge in [-0.15, -0.1) is 0 Å². The van der Waals surface area contributed by atoms with E-state index in [1.807, 2.05) is 24.3 Å². The van der Waals surface area contributed by atoms with Crippen LogP contribution in [0.2, 0.25) is 5.15 Å². The molecule has 1 N–H and O–H groups in total. The summed E-state index contributed by atoms with van der Waals surface area (Å²) in [6.07, 6.45) is 3.67. The maximum Gasteiger partial charge on any atom is 0.255 e. The summed E-state index contributed by atoms with van der Waals surface area (Å²) >= 11 is 9.80.